The Bertz CT molecular complexity index is 715. The van der Waals surface area contributed by atoms with Crippen molar-refractivity contribution in [1.29, 1.82) is 0 Å². The van der Waals surface area contributed by atoms with Crippen LogP contribution in [0.25, 0.3) is 0 Å². The molecule has 0 unspecified atom stereocenters. The lowest BCUT2D eigenvalue weighted by Gasteiger charge is -2.27. The molecule has 0 aromatic heterocycles. The lowest BCUT2D eigenvalue weighted by Crippen LogP contribution is -2.38. The molecule has 2 N–H and O–H groups in total. The molecule has 6 nitrogen and oxygen atoms in total. The average Bonchev–Trinajstić information content (AvgIpc) is 2.68. The fourth-order valence-electron chi connectivity index (χ4n) is 2.92. The van der Waals surface area contributed by atoms with Crippen LogP contribution in [0.5, 0.6) is 0 Å². The molecule has 0 fully saturated rings. The van der Waals surface area contributed by atoms with Crippen LogP contribution in [0.2, 0.25) is 0 Å². The van der Waals surface area contributed by atoms with Crippen molar-refractivity contribution in [1.82, 2.24) is 5.32 Å². The van der Waals surface area contributed by atoms with Crippen LogP contribution in [-0.4, -0.2) is 28.6 Å². The van der Waals surface area contributed by atoms with Gasteiger partial charge in [0.2, 0.25) is 5.91 Å². The van der Waals surface area contributed by atoms with E-state index in [9.17, 15) is 14.4 Å². The average molecular weight is 301 g/mol. The van der Waals surface area contributed by atoms with Gasteiger partial charge in [0.1, 0.15) is 5.60 Å². The van der Waals surface area contributed by atoms with Crippen LogP contribution in [-0.2, 0) is 14.3 Å². The molecule has 1 atom stereocenters. The molecule has 2 aliphatic rings. The summed E-state index contributed by atoms with van der Waals surface area (Å²) >= 11 is 0. The zero-order chi connectivity index (χ0) is 16.1. The van der Waals surface area contributed by atoms with Crippen LogP contribution in [0.4, 0.5) is 0 Å². The summed E-state index contributed by atoms with van der Waals surface area (Å²) in [5.74, 6) is -2.06. The molecule has 2 aliphatic heterocycles. The van der Waals surface area contributed by atoms with Crippen LogP contribution < -0.4 is 5.32 Å². The number of nitrogens with one attached hydrogen (secondary N) is 1. The minimum atomic E-state index is -1.02. The number of carbonyl (C=O) groups is 3. The second kappa shape index (κ2) is 4.69. The van der Waals surface area contributed by atoms with Gasteiger partial charge in [-0.2, -0.15) is 0 Å². The van der Waals surface area contributed by atoms with Crippen molar-refractivity contribution in [2.45, 2.75) is 31.8 Å². The van der Waals surface area contributed by atoms with Gasteiger partial charge >= 0.3 is 11.9 Å². The predicted molar refractivity (Wildman–Crippen MR) is 76.1 cm³/mol. The van der Waals surface area contributed by atoms with Crippen LogP contribution in [0.3, 0.4) is 0 Å². The number of benzene rings is 1. The largest absolute Gasteiger partial charge is 0.478 e. The number of hydrogen-bond acceptors (Lipinski definition) is 4. The third-order valence-corrected chi connectivity index (χ3v) is 4.00. The molecule has 1 amide bonds. The minimum absolute atomic E-state index is 0.135. The smallest absolute Gasteiger partial charge is 0.337 e. The Morgan fingerprint density at radius 1 is 1.27 bits per heavy atom. The zero-order valence-corrected chi connectivity index (χ0v) is 12.2. The standard InChI is InChI=1S/C16H15NO5/c1-16(2)13-12(15(21)22-16)10(7-11(18)17-13)8-3-5-9(6-4-8)14(19)20/h3-6,10H,7H2,1-2H3,(H,17,18)(H,19,20)/t10-/m1/s1. The van der Waals surface area contributed by atoms with E-state index in [2.05, 4.69) is 5.32 Å². The highest BCUT2D eigenvalue weighted by Crippen LogP contribution is 2.42. The number of esters is 1. The molecule has 0 aliphatic carbocycles. The minimum Gasteiger partial charge on any atom is -0.478 e. The molecule has 114 valence electrons. The first-order valence-electron chi connectivity index (χ1n) is 6.90. The Hall–Kier alpha value is -2.63. The van der Waals surface area contributed by atoms with Gasteiger partial charge < -0.3 is 15.2 Å². The van der Waals surface area contributed by atoms with Crippen LogP contribution >= 0.6 is 0 Å². The first-order valence-corrected chi connectivity index (χ1v) is 6.90. The number of amides is 1. The molecular formula is C16H15NO5. The lowest BCUT2D eigenvalue weighted by molar-refractivity contribution is -0.144. The fourth-order valence-corrected chi connectivity index (χ4v) is 2.92. The summed E-state index contributed by atoms with van der Waals surface area (Å²) in [5.41, 5.74) is 0.977. The molecule has 3 rings (SSSR count). The number of cyclic esters (lactones) is 1. The van der Waals surface area contributed by atoms with Crippen molar-refractivity contribution < 1.29 is 24.2 Å². The number of aromatic carboxylic acids is 1. The Morgan fingerprint density at radius 2 is 1.91 bits per heavy atom. The van der Waals surface area contributed by atoms with E-state index in [1.165, 1.54) is 12.1 Å². The maximum absolute atomic E-state index is 12.2. The van der Waals surface area contributed by atoms with Crippen molar-refractivity contribution in [2.75, 3.05) is 0 Å². The van der Waals surface area contributed by atoms with Crippen LogP contribution in [0.1, 0.15) is 42.1 Å². The van der Waals surface area contributed by atoms with E-state index in [-0.39, 0.29) is 17.9 Å². The summed E-state index contributed by atoms with van der Waals surface area (Å²) in [6.45, 7) is 3.45. The van der Waals surface area contributed by atoms with E-state index in [0.717, 1.165) is 5.56 Å². The summed E-state index contributed by atoms with van der Waals surface area (Å²) in [7, 11) is 0. The molecular weight excluding hydrogens is 286 g/mol. The Balaban J connectivity index is 2.06. The number of carboxylic acid groups (broad SMARTS) is 1. The van der Waals surface area contributed by atoms with Gasteiger partial charge in [0.05, 0.1) is 16.8 Å². The third-order valence-electron chi connectivity index (χ3n) is 4.00. The second-order valence-electron chi connectivity index (χ2n) is 5.92. The number of rotatable bonds is 2. The summed E-state index contributed by atoms with van der Waals surface area (Å²) in [5, 5.41) is 11.7. The second-order valence-corrected chi connectivity index (χ2v) is 5.92. The third kappa shape index (κ3) is 2.16. The van der Waals surface area contributed by atoms with Gasteiger partial charge in [0.25, 0.3) is 0 Å². The van der Waals surface area contributed by atoms with E-state index >= 15 is 0 Å². The van der Waals surface area contributed by atoms with Crippen molar-refractivity contribution in [3.63, 3.8) is 0 Å². The predicted octanol–water partition coefficient (Wildman–Crippen LogP) is 1.58. The van der Waals surface area contributed by atoms with Gasteiger partial charge in [-0.25, -0.2) is 9.59 Å². The molecule has 1 aromatic carbocycles. The van der Waals surface area contributed by atoms with Crippen LogP contribution in [0.15, 0.2) is 35.5 Å². The molecule has 0 bridgehead atoms. The molecule has 0 saturated heterocycles. The number of carboxylic acids is 1. The first-order chi connectivity index (χ1) is 10.3. The Kier molecular flexibility index (Phi) is 3.05. The van der Waals surface area contributed by atoms with Crippen molar-refractivity contribution >= 4 is 17.8 Å². The SMILES string of the molecule is CC1(C)OC(=O)C2=C1NC(=O)C[C@@H]2c1ccc(C(=O)O)cc1. The number of carbonyl (C=O) groups excluding carboxylic acids is 2. The maximum Gasteiger partial charge on any atom is 0.337 e. The normalized spacial score (nSPS) is 22.9. The molecule has 22 heavy (non-hydrogen) atoms. The highest BCUT2D eigenvalue weighted by molar-refractivity contribution is 5.99. The van der Waals surface area contributed by atoms with E-state index in [1.54, 1.807) is 26.0 Å². The van der Waals surface area contributed by atoms with Crippen LogP contribution in [0, 0.1) is 0 Å². The van der Waals surface area contributed by atoms with Crippen molar-refractivity contribution in [3.05, 3.63) is 46.7 Å². The summed E-state index contributed by atoms with van der Waals surface area (Å²) < 4.78 is 5.34. The molecule has 6 heteroatoms. The lowest BCUT2D eigenvalue weighted by atomic mass is 9.82. The van der Waals surface area contributed by atoms with E-state index < -0.39 is 23.5 Å². The van der Waals surface area contributed by atoms with E-state index in [1.807, 2.05) is 0 Å². The quantitative estimate of drug-likeness (QED) is 0.809. The van der Waals surface area contributed by atoms with Gasteiger partial charge in [-0.1, -0.05) is 12.1 Å². The molecule has 1 aromatic rings. The number of hydrogen-bond donors (Lipinski definition) is 2. The summed E-state index contributed by atoms with van der Waals surface area (Å²) in [6.07, 6.45) is 0.135. The molecule has 0 spiro atoms. The van der Waals surface area contributed by atoms with Crippen molar-refractivity contribution in [3.8, 4) is 0 Å². The Morgan fingerprint density at radius 3 is 2.50 bits per heavy atom. The van der Waals surface area contributed by atoms with Gasteiger partial charge in [-0.3, -0.25) is 4.79 Å². The topological polar surface area (TPSA) is 92.7 Å². The van der Waals surface area contributed by atoms with Gasteiger partial charge in [0, 0.05) is 12.3 Å². The van der Waals surface area contributed by atoms with Gasteiger partial charge in [-0.15, -0.1) is 0 Å². The highest BCUT2D eigenvalue weighted by atomic mass is 16.6. The van der Waals surface area contributed by atoms with Gasteiger partial charge in [-0.05, 0) is 31.5 Å². The monoisotopic (exact) mass is 301 g/mol. The van der Waals surface area contributed by atoms with E-state index in [4.69, 9.17) is 9.84 Å². The maximum atomic E-state index is 12.2. The molecule has 2 heterocycles. The zero-order valence-electron chi connectivity index (χ0n) is 12.2. The van der Waals surface area contributed by atoms with Gasteiger partial charge in [0.15, 0.2) is 0 Å². The first kappa shape index (κ1) is 14.3. The van der Waals surface area contributed by atoms with Crippen molar-refractivity contribution in [2.24, 2.45) is 0 Å². The fraction of sp³-hybridized carbons (Fsp3) is 0.312. The summed E-state index contributed by atoms with van der Waals surface area (Å²) in [6, 6.07) is 6.21. The molecule has 0 saturated carbocycles. The van der Waals surface area contributed by atoms with E-state index in [0.29, 0.717) is 11.3 Å². The number of ether oxygens (including phenoxy) is 1. The summed E-state index contributed by atoms with van der Waals surface area (Å²) in [4.78, 5) is 35.0. The molecule has 0 radical (unpaired) electrons. The Labute approximate surface area is 126 Å². The highest BCUT2D eigenvalue weighted by Gasteiger charge is 2.47.